The number of carbonyl (C=O) groups excluding carboxylic acids is 1. The summed E-state index contributed by atoms with van der Waals surface area (Å²) in [5, 5.41) is 11.8. The maximum Gasteiger partial charge on any atom is 0.416 e. The minimum atomic E-state index is -4.42. The number of rotatable bonds is 6. The SMILES string of the molecule is Cc1cc2c(NC(=O)C=CC=C(c3ccc(N(C)C)cc3)c3ccc(C(F)(F)F)cc3)cccc2nn1. The highest BCUT2D eigenvalue weighted by molar-refractivity contribution is 6.05. The predicted octanol–water partition coefficient (Wildman–Crippen LogP) is 6.65. The molecule has 1 aromatic heterocycles. The highest BCUT2D eigenvalue weighted by Gasteiger charge is 2.30. The minimum absolute atomic E-state index is 0.354. The van der Waals surface area contributed by atoms with E-state index in [2.05, 4.69) is 15.5 Å². The molecule has 1 heterocycles. The van der Waals surface area contributed by atoms with E-state index in [1.807, 2.05) is 62.3 Å². The number of nitrogens with zero attached hydrogens (tertiary/aromatic N) is 3. The van der Waals surface area contributed by atoms with Crippen LogP contribution in [0.25, 0.3) is 16.5 Å². The summed E-state index contributed by atoms with van der Waals surface area (Å²) in [5.74, 6) is -0.354. The average molecular weight is 503 g/mol. The molecular formula is C29H25F3N4O. The van der Waals surface area contributed by atoms with Crippen LogP contribution in [0.1, 0.15) is 22.4 Å². The lowest BCUT2D eigenvalue weighted by Crippen LogP contribution is -2.08. The second kappa shape index (κ2) is 10.7. The third-order valence-corrected chi connectivity index (χ3v) is 5.74. The zero-order valence-electron chi connectivity index (χ0n) is 20.5. The lowest BCUT2D eigenvalue weighted by molar-refractivity contribution is -0.137. The number of nitrogens with one attached hydrogen (secondary N) is 1. The van der Waals surface area contributed by atoms with Gasteiger partial charge in [-0.3, -0.25) is 4.79 Å². The molecule has 37 heavy (non-hydrogen) atoms. The molecule has 0 saturated carbocycles. The number of allylic oxidation sites excluding steroid dienone is 2. The van der Waals surface area contributed by atoms with E-state index in [9.17, 15) is 18.0 Å². The summed E-state index contributed by atoms with van der Waals surface area (Å²) in [5.41, 5.74) is 4.35. The molecule has 188 valence electrons. The van der Waals surface area contributed by atoms with Crippen molar-refractivity contribution in [2.75, 3.05) is 24.3 Å². The fourth-order valence-corrected chi connectivity index (χ4v) is 3.81. The summed E-state index contributed by atoms with van der Waals surface area (Å²) in [6, 6.07) is 19.8. The normalized spacial score (nSPS) is 12.2. The van der Waals surface area contributed by atoms with Crippen molar-refractivity contribution >= 4 is 33.8 Å². The quantitative estimate of drug-likeness (QED) is 0.237. The van der Waals surface area contributed by atoms with Gasteiger partial charge in [0.25, 0.3) is 0 Å². The summed E-state index contributed by atoms with van der Waals surface area (Å²) in [7, 11) is 3.85. The Morgan fingerprint density at radius 2 is 1.57 bits per heavy atom. The van der Waals surface area contributed by atoms with Gasteiger partial charge >= 0.3 is 6.18 Å². The average Bonchev–Trinajstić information content (AvgIpc) is 2.87. The van der Waals surface area contributed by atoms with E-state index in [0.29, 0.717) is 22.3 Å². The molecule has 0 aliphatic rings. The molecule has 0 fully saturated rings. The van der Waals surface area contributed by atoms with Crippen LogP contribution < -0.4 is 10.2 Å². The van der Waals surface area contributed by atoms with E-state index in [1.54, 1.807) is 24.3 Å². The first-order chi connectivity index (χ1) is 17.6. The van der Waals surface area contributed by atoms with Gasteiger partial charge in [-0.1, -0.05) is 42.5 Å². The number of fused-ring (bicyclic) bond motifs is 1. The van der Waals surface area contributed by atoms with Crippen molar-refractivity contribution in [3.05, 3.63) is 113 Å². The Labute approximate surface area is 213 Å². The summed E-state index contributed by atoms with van der Waals surface area (Å²) >= 11 is 0. The molecule has 1 N–H and O–H groups in total. The van der Waals surface area contributed by atoms with Gasteiger partial charge in [0.15, 0.2) is 0 Å². The van der Waals surface area contributed by atoms with Crippen LogP contribution in [0.2, 0.25) is 0 Å². The maximum absolute atomic E-state index is 13.1. The zero-order chi connectivity index (χ0) is 26.6. The minimum Gasteiger partial charge on any atom is -0.378 e. The van der Waals surface area contributed by atoms with E-state index in [4.69, 9.17) is 0 Å². The highest BCUT2D eigenvalue weighted by Crippen LogP contribution is 2.32. The molecule has 0 aliphatic carbocycles. The van der Waals surface area contributed by atoms with Crippen LogP contribution in [0.15, 0.2) is 91.0 Å². The fourth-order valence-electron chi connectivity index (χ4n) is 3.81. The number of benzene rings is 3. The zero-order valence-corrected chi connectivity index (χ0v) is 20.5. The molecular weight excluding hydrogens is 477 g/mol. The van der Waals surface area contributed by atoms with E-state index in [-0.39, 0.29) is 5.91 Å². The van der Waals surface area contributed by atoms with Crippen LogP contribution in [0.4, 0.5) is 24.5 Å². The Balaban J connectivity index is 1.63. The Morgan fingerprint density at radius 3 is 2.19 bits per heavy atom. The molecule has 0 radical (unpaired) electrons. The summed E-state index contributed by atoms with van der Waals surface area (Å²) in [6.07, 6.45) is 0.252. The smallest absolute Gasteiger partial charge is 0.378 e. The van der Waals surface area contributed by atoms with Crippen molar-refractivity contribution < 1.29 is 18.0 Å². The maximum atomic E-state index is 13.1. The van der Waals surface area contributed by atoms with Crippen molar-refractivity contribution in [1.82, 2.24) is 10.2 Å². The number of hydrogen-bond donors (Lipinski definition) is 1. The van der Waals surface area contributed by atoms with Crippen LogP contribution in [0, 0.1) is 6.92 Å². The molecule has 0 atom stereocenters. The molecule has 0 aliphatic heterocycles. The van der Waals surface area contributed by atoms with Crippen LogP contribution in [0.3, 0.4) is 0 Å². The third kappa shape index (κ3) is 6.22. The summed E-state index contributed by atoms with van der Waals surface area (Å²) in [6.45, 7) is 1.82. The van der Waals surface area contributed by atoms with Crippen LogP contribution in [0.5, 0.6) is 0 Å². The Bertz CT molecular complexity index is 1470. The van der Waals surface area contributed by atoms with Crippen LogP contribution in [-0.2, 0) is 11.0 Å². The molecule has 0 bridgehead atoms. The van der Waals surface area contributed by atoms with Crippen LogP contribution >= 0.6 is 0 Å². The first kappa shape index (κ1) is 25.6. The van der Waals surface area contributed by atoms with Gasteiger partial charge in [0.05, 0.1) is 22.5 Å². The van der Waals surface area contributed by atoms with E-state index in [1.165, 1.54) is 18.2 Å². The van der Waals surface area contributed by atoms with Crippen molar-refractivity contribution in [3.63, 3.8) is 0 Å². The second-order valence-corrected chi connectivity index (χ2v) is 8.67. The number of halogens is 3. The summed E-state index contributed by atoms with van der Waals surface area (Å²) in [4.78, 5) is 14.6. The highest BCUT2D eigenvalue weighted by atomic mass is 19.4. The lowest BCUT2D eigenvalue weighted by Gasteiger charge is -2.14. The van der Waals surface area contributed by atoms with Gasteiger partial charge in [-0.25, -0.2) is 0 Å². The van der Waals surface area contributed by atoms with Crippen LogP contribution in [-0.4, -0.2) is 30.2 Å². The van der Waals surface area contributed by atoms with Gasteiger partial charge in [0.1, 0.15) is 0 Å². The molecule has 4 rings (SSSR count). The number of alkyl halides is 3. The van der Waals surface area contributed by atoms with E-state index >= 15 is 0 Å². The van der Waals surface area contributed by atoms with Gasteiger partial charge in [-0.15, -0.1) is 0 Å². The summed E-state index contributed by atoms with van der Waals surface area (Å²) < 4.78 is 39.2. The largest absolute Gasteiger partial charge is 0.416 e. The standard InChI is InChI=1S/C29H25F3N4O/c1-19-18-25-26(7-5-8-27(25)35-34-19)33-28(37)9-4-6-24(21-12-16-23(17-13-21)36(2)3)20-10-14-22(15-11-20)29(30,31)32/h4-18H,1-3H3,(H,33,37). The Morgan fingerprint density at radius 1 is 0.919 bits per heavy atom. The molecule has 0 unspecified atom stereocenters. The number of amides is 1. The second-order valence-electron chi connectivity index (χ2n) is 8.67. The number of aryl methyl sites for hydroxylation is 1. The van der Waals surface area contributed by atoms with Crippen molar-refractivity contribution in [1.29, 1.82) is 0 Å². The molecule has 5 nitrogen and oxygen atoms in total. The van der Waals surface area contributed by atoms with E-state index in [0.717, 1.165) is 34.5 Å². The van der Waals surface area contributed by atoms with Crippen molar-refractivity contribution in [2.24, 2.45) is 0 Å². The topological polar surface area (TPSA) is 58.1 Å². The molecule has 0 spiro atoms. The first-order valence-corrected chi connectivity index (χ1v) is 11.5. The molecule has 8 heteroatoms. The number of aromatic nitrogens is 2. The van der Waals surface area contributed by atoms with Gasteiger partial charge in [-0.05, 0) is 66.1 Å². The molecule has 1 amide bonds. The van der Waals surface area contributed by atoms with Gasteiger partial charge < -0.3 is 10.2 Å². The Hall–Kier alpha value is -4.46. The molecule has 0 saturated heterocycles. The Kier molecular flexibility index (Phi) is 7.38. The first-order valence-electron chi connectivity index (χ1n) is 11.5. The number of carbonyl (C=O) groups is 1. The van der Waals surface area contributed by atoms with Gasteiger partial charge in [-0.2, -0.15) is 23.4 Å². The third-order valence-electron chi connectivity index (χ3n) is 5.74. The van der Waals surface area contributed by atoms with Gasteiger partial charge in [0.2, 0.25) is 5.91 Å². The van der Waals surface area contributed by atoms with Crippen molar-refractivity contribution in [3.8, 4) is 0 Å². The number of anilines is 2. The monoisotopic (exact) mass is 502 g/mol. The lowest BCUT2D eigenvalue weighted by atomic mass is 9.96. The van der Waals surface area contributed by atoms with Crippen molar-refractivity contribution in [2.45, 2.75) is 13.1 Å². The fraction of sp³-hybridized carbons (Fsp3) is 0.138. The number of hydrogen-bond acceptors (Lipinski definition) is 4. The van der Waals surface area contributed by atoms with Gasteiger partial charge in [0, 0.05) is 31.2 Å². The predicted molar refractivity (Wildman–Crippen MR) is 141 cm³/mol. The molecule has 3 aromatic carbocycles. The van der Waals surface area contributed by atoms with E-state index < -0.39 is 11.7 Å². The molecule has 4 aromatic rings.